The van der Waals surface area contributed by atoms with Crippen molar-refractivity contribution in [2.24, 2.45) is 0 Å². The van der Waals surface area contributed by atoms with E-state index in [-0.39, 0.29) is 12.6 Å². The molecule has 0 spiro atoms. The Kier molecular flexibility index (Phi) is 5.88. The van der Waals surface area contributed by atoms with Crippen molar-refractivity contribution in [3.8, 4) is 23.2 Å². The Morgan fingerprint density at radius 1 is 0.968 bits per heavy atom. The molecule has 0 aliphatic rings. The zero-order chi connectivity index (χ0) is 21.6. The van der Waals surface area contributed by atoms with Crippen LogP contribution >= 0.6 is 0 Å². The van der Waals surface area contributed by atoms with E-state index >= 15 is 0 Å². The summed E-state index contributed by atoms with van der Waals surface area (Å²) < 4.78 is 18.0. The van der Waals surface area contributed by atoms with Crippen molar-refractivity contribution in [2.75, 3.05) is 20.0 Å². The Labute approximate surface area is 178 Å². The first-order valence-electron chi connectivity index (χ1n) is 9.43. The predicted octanol–water partition coefficient (Wildman–Crippen LogP) is 2.22. The van der Waals surface area contributed by atoms with Gasteiger partial charge in [0.2, 0.25) is 11.8 Å². The molecule has 0 aliphatic carbocycles. The summed E-state index contributed by atoms with van der Waals surface area (Å²) >= 11 is 0. The highest BCUT2D eigenvalue weighted by molar-refractivity contribution is 5.44. The molecule has 3 heterocycles. The number of ether oxygens (including phenoxy) is 3. The average Bonchev–Trinajstić information content (AvgIpc) is 3.18. The molecule has 0 saturated carbocycles. The lowest BCUT2D eigenvalue weighted by Gasteiger charge is -2.10. The number of hydrogen-bond acceptors (Lipinski definition) is 9. The molecule has 0 aliphatic heterocycles. The van der Waals surface area contributed by atoms with E-state index in [1.54, 1.807) is 31.2 Å². The van der Waals surface area contributed by atoms with Crippen LogP contribution in [0.15, 0.2) is 55.0 Å². The molecule has 10 heteroatoms. The van der Waals surface area contributed by atoms with Crippen molar-refractivity contribution < 1.29 is 14.2 Å². The van der Waals surface area contributed by atoms with Crippen molar-refractivity contribution in [2.45, 2.75) is 13.0 Å². The summed E-state index contributed by atoms with van der Waals surface area (Å²) in [7, 11) is 3.19. The molecule has 0 unspecified atom stereocenters. The van der Waals surface area contributed by atoms with Crippen LogP contribution in [-0.4, -0.2) is 43.9 Å². The second kappa shape index (κ2) is 9.08. The molecule has 4 aromatic rings. The predicted molar refractivity (Wildman–Crippen MR) is 112 cm³/mol. The van der Waals surface area contributed by atoms with Crippen molar-refractivity contribution in [3.63, 3.8) is 0 Å². The third-order valence-corrected chi connectivity index (χ3v) is 4.44. The van der Waals surface area contributed by atoms with Crippen LogP contribution in [0.2, 0.25) is 0 Å². The van der Waals surface area contributed by atoms with Gasteiger partial charge in [0.1, 0.15) is 18.8 Å². The minimum Gasteiger partial charge on any atom is -0.493 e. The summed E-state index contributed by atoms with van der Waals surface area (Å²) in [6.07, 6.45) is 3.57. The second-order valence-corrected chi connectivity index (χ2v) is 6.49. The molecular formula is C21H21N7O3. The summed E-state index contributed by atoms with van der Waals surface area (Å²) in [5, 5.41) is 4.28. The standard InChI is InChI=1S/C21H21N7O3/c1-29-16-7-6-14(9-17(16)30-2)10-19-26-21(22)27-28(19)18-11-20(25-13-24-18)31-12-15-5-3-4-8-23-15/h3-9,11,13H,10,12H2,1-2H3,(H2,22,27). The first-order valence-corrected chi connectivity index (χ1v) is 9.43. The van der Waals surface area contributed by atoms with Crippen molar-refractivity contribution in [1.29, 1.82) is 0 Å². The molecule has 10 nitrogen and oxygen atoms in total. The van der Waals surface area contributed by atoms with E-state index < -0.39 is 0 Å². The smallest absolute Gasteiger partial charge is 0.240 e. The molecular weight excluding hydrogens is 398 g/mol. The topological polar surface area (TPSA) is 123 Å². The van der Waals surface area contributed by atoms with Crippen LogP contribution < -0.4 is 19.9 Å². The fourth-order valence-corrected chi connectivity index (χ4v) is 2.99. The maximum absolute atomic E-state index is 5.87. The maximum Gasteiger partial charge on any atom is 0.240 e. The Balaban J connectivity index is 1.57. The number of anilines is 1. The number of benzene rings is 1. The van der Waals surface area contributed by atoms with Crippen LogP contribution in [-0.2, 0) is 13.0 Å². The first kappa shape index (κ1) is 20.1. The molecule has 0 saturated heterocycles. The van der Waals surface area contributed by atoms with E-state index in [9.17, 15) is 0 Å². The summed E-state index contributed by atoms with van der Waals surface area (Å²) in [6, 6.07) is 13.0. The summed E-state index contributed by atoms with van der Waals surface area (Å²) in [5.74, 6) is 2.92. The van der Waals surface area contributed by atoms with E-state index in [0.717, 1.165) is 11.3 Å². The molecule has 1 aromatic carbocycles. The van der Waals surface area contributed by atoms with Gasteiger partial charge in [-0.3, -0.25) is 4.98 Å². The number of hydrogen-bond donors (Lipinski definition) is 1. The van der Waals surface area contributed by atoms with Crippen molar-refractivity contribution >= 4 is 5.95 Å². The summed E-state index contributed by atoms with van der Waals surface area (Å²) in [4.78, 5) is 17.0. The number of rotatable bonds is 8. The maximum atomic E-state index is 5.87. The number of pyridine rings is 1. The Hall–Kier alpha value is -4.21. The monoisotopic (exact) mass is 419 g/mol. The van der Waals surface area contributed by atoms with Gasteiger partial charge in [0.15, 0.2) is 17.3 Å². The third-order valence-electron chi connectivity index (χ3n) is 4.44. The van der Waals surface area contributed by atoms with Gasteiger partial charge in [-0.05, 0) is 29.8 Å². The molecule has 0 atom stereocenters. The number of nitrogen functional groups attached to an aromatic ring is 1. The number of methoxy groups -OCH3 is 2. The highest BCUT2D eigenvalue weighted by Crippen LogP contribution is 2.28. The van der Waals surface area contributed by atoms with Gasteiger partial charge in [0.25, 0.3) is 0 Å². The van der Waals surface area contributed by atoms with Gasteiger partial charge in [-0.1, -0.05) is 12.1 Å². The Morgan fingerprint density at radius 2 is 1.84 bits per heavy atom. The zero-order valence-corrected chi connectivity index (χ0v) is 17.1. The Morgan fingerprint density at radius 3 is 2.61 bits per heavy atom. The fraction of sp³-hybridized carbons (Fsp3) is 0.190. The second-order valence-electron chi connectivity index (χ2n) is 6.49. The van der Waals surface area contributed by atoms with E-state index in [2.05, 4.69) is 25.0 Å². The molecule has 4 rings (SSSR count). The molecule has 0 amide bonds. The number of aromatic nitrogens is 6. The highest BCUT2D eigenvalue weighted by Gasteiger charge is 2.14. The van der Waals surface area contributed by atoms with Gasteiger partial charge in [-0.15, -0.1) is 5.10 Å². The highest BCUT2D eigenvalue weighted by atomic mass is 16.5. The summed E-state index contributed by atoms with van der Waals surface area (Å²) in [5.41, 5.74) is 7.62. The van der Waals surface area contributed by atoms with Gasteiger partial charge >= 0.3 is 0 Å². The molecule has 0 fully saturated rings. The van der Waals surface area contributed by atoms with Crippen LogP contribution in [0, 0.1) is 0 Å². The minimum absolute atomic E-state index is 0.144. The molecule has 31 heavy (non-hydrogen) atoms. The molecule has 2 N–H and O–H groups in total. The van der Waals surface area contributed by atoms with Gasteiger partial charge in [-0.25, -0.2) is 9.97 Å². The molecule has 0 radical (unpaired) electrons. The fourth-order valence-electron chi connectivity index (χ4n) is 2.99. The van der Waals surface area contributed by atoms with Crippen LogP contribution in [0.1, 0.15) is 17.1 Å². The molecule has 0 bridgehead atoms. The van der Waals surface area contributed by atoms with E-state index in [1.165, 1.54) is 6.33 Å². The minimum atomic E-state index is 0.144. The van der Waals surface area contributed by atoms with Crippen molar-refractivity contribution in [3.05, 3.63) is 72.1 Å². The van der Waals surface area contributed by atoms with Gasteiger partial charge in [0, 0.05) is 18.7 Å². The van der Waals surface area contributed by atoms with E-state index in [1.807, 2.05) is 36.4 Å². The summed E-state index contributed by atoms with van der Waals surface area (Å²) in [6.45, 7) is 0.287. The lowest BCUT2D eigenvalue weighted by Crippen LogP contribution is -2.08. The van der Waals surface area contributed by atoms with Crippen LogP contribution in [0.4, 0.5) is 5.95 Å². The number of nitrogens with two attached hydrogens (primary N) is 1. The zero-order valence-electron chi connectivity index (χ0n) is 17.1. The van der Waals surface area contributed by atoms with Gasteiger partial charge < -0.3 is 19.9 Å². The third kappa shape index (κ3) is 4.69. The quantitative estimate of drug-likeness (QED) is 0.458. The lowest BCUT2D eigenvalue weighted by atomic mass is 10.1. The van der Waals surface area contributed by atoms with Gasteiger partial charge in [-0.2, -0.15) is 9.67 Å². The van der Waals surface area contributed by atoms with E-state index in [0.29, 0.717) is 35.4 Å². The molecule has 3 aromatic heterocycles. The van der Waals surface area contributed by atoms with E-state index in [4.69, 9.17) is 19.9 Å². The Bertz CT molecular complexity index is 1160. The lowest BCUT2D eigenvalue weighted by molar-refractivity contribution is 0.288. The van der Waals surface area contributed by atoms with Crippen molar-refractivity contribution in [1.82, 2.24) is 29.7 Å². The molecule has 158 valence electrons. The van der Waals surface area contributed by atoms with Crippen LogP contribution in [0.25, 0.3) is 5.82 Å². The first-order chi connectivity index (χ1) is 15.2. The van der Waals surface area contributed by atoms with Crippen LogP contribution in [0.3, 0.4) is 0 Å². The van der Waals surface area contributed by atoms with Gasteiger partial charge in [0.05, 0.1) is 19.9 Å². The average molecular weight is 419 g/mol. The normalized spacial score (nSPS) is 10.6. The largest absolute Gasteiger partial charge is 0.493 e. The van der Waals surface area contributed by atoms with Crippen LogP contribution in [0.5, 0.6) is 17.4 Å². The SMILES string of the molecule is COc1ccc(Cc2nc(N)nn2-c2cc(OCc3ccccn3)ncn2)cc1OC. The number of nitrogens with zero attached hydrogens (tertiary/aromatic N) is 6.